The molecule has 0 fully saturated rings. The molecule has 0 atom stereocenters. The number of nitrogens with one attached hydrogen (secondary N) is 1. The Balaban J connectivity index is 1.93. The van der Waals surface area contributed by atoms with Crippen molar-refractivity contribution in [1.29, 1.82) is 0 Å². The quantitative estimate of drug-likeness (QED) is 0.827. The lowest BCUT2D eigenvalue weighted by Crippen LogP contribution is -2.27. The number of aromatic nitrogens is 3. The molecule has 0 saturated heterocycles. The maximum atomic E-state index is 11.9. The molecule has 0 unspecified atom stereocenters. The first-order valence-corrected chi connectivity index (χ1v) is 6.13. The molecule has 1 amide bonds. The lowest BCUT2D eigenvalue weighted by Gasteiger charge is -2.07. The Kier molecular flexibility index (Phi) is 3.93. The van der Waals surface area contributed by atoms with Crippen LogP contribution in [-0.2, 0) is 6.54 Å². The third kappa shape index (κ3) is 3.07. The molecule has 0 saturated carbocycles. The van der Waals surface area contributed by atoms with Gasteiger partial charge in [-0.05, 0) is 34.1 Å². The van der Waals surface area contributed by atoms with Gasteiger partial charge in [0.15, 0.2) is 0 Å². The molecule has 0 aliphatic carbocycles. The van der Waals surface area contributed by atoms with E-state index in [9.17, 15) is 4.79 Å². The minimum absolute atomic E-state index is 0.172. The van der Waals surface area contributed by atoms with Crippen LogP contribution in [0.4, 0.5) is 5.69 Å². The molecule has 18 heavy (non-hydrogen) atoms. The van der Waals surface area contributed by atoms with Gasteiger partial charge in [0, 0.05) is 22.9 Å². The molecule has 0 radical (unpaired) electrons. The lowest BCUT2D eigenvalue weighted by atomic mass is 10.2. The smallest absolute Gasteiger partial charge is 0.252 e. The molecule has 0 spiro atoms. The monoisotopic (exact) mass is 309 g/mol. The van der Waals surface area contributed by atoms with Gasteiger partial charge in [-0.3, -0.25) is 9.48 Å². The number of benzene rings is 1. The number of hydrogen-bond acceptors (Lipinski definition) is 4. The number of nitrogen functional groups attached to an aromatic ring is 1. The molecule has 3 N–H and O–H groups in total. The largest absolute Gasteiger partial charge is 0.399 e. The van der Waals surface area contributed by atoms with Crippen LogP contribution < -0.4 is 11.1 Å². The fraction of sp³-hybridized carbons (Fsp3) is 0.182. The van der Waals surface area contributed by atoms with Crippen molar-refractivity contribution in [2.45, 2.75) is 6.54 Å². The Hall–Kier alpha value is -1.89. The van der Waals surface area contributed by atoms with Crippen LogP contribution in [0.2, 0.25) is 0 Å². The Bertz CT molecular complexity index is 540. The van der Waals surface area contributed by atoms with Crippen LogP contribution in [0.1, 0.15) is 10.4 Å². The molecule has 2 aromatic rings. The molecular weight excluding hydrogens is 298 g/mol. The van der Waals surface area contributed by atoms with Crippen LogP contribution in [0, 0.1) is 0 Å². The van der Waals surface area contributed by atoms with E-state index >= 15 is 0 Å². The summed E-state index contributed by atoms with van der Waals surface area (Å²) in [6.07, 6.45) is 3.33. The summed E-state index contributed by atoms with van der Waals surface area (Å²) in [5.41, 5.74) is 6.72. The highest BCUT2D eigenvalue weighted by molar-refractivity contribution is 9.10. The fourth-order valence-corrected chi connectivity index (χ4v) is 1.87. The standard InChI is InChI=1S/C11H12BrN5O/c12-10-2-1-8(13)7-9(10)11(18)14-3-5-17-6-4-15-16-17/h1-2,4,6-7H,3,5,13H2,(H,14,18). The summed E-state index contributed by atoms with van der Waals surface area (Å²) in [5.74, 6) is -0.172. The molecule has 0 aliphatic rings. The Morgan fingerprint density at radius 3 is 3.06 bits per heavy atom. The molecule has 7 heteroatoms. The lowest BCUT2D eigenvalue weighted by molar-refractivity contribution is 0.0951. The van der Waals surface area contributed by atoms with Gasteiger partial charge in [0.2, 0.25) is 0 Å². The highest BCUT2D eigenvalue weighted by Crippen LogP contribution is 2.19. The van der Waals surface area contributed by atoms with Gasteiger partial charge in [0.25, 0.3) is 5.91 Å². The van der Waals surface area contributed by atoms with Crippen molar-refractivity contribution >= 4 is 27.5 Å². The van der Waals surface area contributed by atoms with E-state index in [1.807, 2.05) is 0 Å². The van der Waals surface area contributed by atoms with Gasteiger partial charge in [-0.15, -0.1) is 5.10 Å². The summed E-state index contributed by atoms with van der Waals surface area (Å²) >= 11 is 3.32. The van der Waals surface area contributed by atoms with Crippen molar-refractivity contribution < 1.29 is 4.79 Å². The summed E-state index contributed by atoms with van der Waals surface area (Å²) in [7, 11) is 0. The maximum absolute atomic E-state index is 11.9. The van der Waals surface area contributed by atoms with Crippen LogP contribution >= 0.6 is 15.9 Å². The average Bonchev–Trinajstić information content (AvgIpc) is 2.85. The summed E-state index contributed by atoms with van der Waals surface area (Å²) < 4.78 is 2.37. The van der Waals surface area contributed by atoms with E-state index in [1.54, 1.807) is 35.3 Å². The van der Waals surface area contributed by atoms with E-state index in [2.05, 4.69) is 31.6 Å². The SMILES string of the molecule is Nc1ccc(Br)c(C(=O)NCCn2ccnn2)c1. The minimum Gasteiger partial charge on any atom is -0.399 e. The second-order valence-corrected chi connectivity index (χ2v) is 4.52. The summed E-state index contributed by atoms with van der Waals surface area (Å²) in [6.45, 7) is 1.05. The third-order valence-corrected chi connectivity index (χ3v) is 3.02. The Labute approximate surface area is 112 Å². The number of nitrogens with zero attached hydrogens (tertiary/aromatic N) is 3. The normalized spacial score (nSPS) is 10.3. The predicted molar refractivity (Wildman–Crippen MR) is 70.9 cm³/mol. The molecule has 2 rings (SSSR count). The molecule has 0 bridgehead atoms. The fourth-order valence-electron chi connectivity index (χ4n) is 1.45. The van der Waals surface area contributed by atoms with Crippen molar-refractivity contribution in [3.05, 3.63) is 40.6 Å². The average molecular weight is 310 g/mol. The van der Waals surface area contributed by atoms with Crippen molar-refractivity contribution in [3.63, 3.8) is 0 Å². The van der Waals surface area contributed by atoms with Gasteiger partial charge < -0.3 is 11.1 Å². The zero-order chi connectivity index (χ0) is 13.0. The first kappa shape index (κ1) is 12.6. The number of hydrogen-bond donors (Lipinski definition) is 2. The van der Waals surface area contributed by atoms with Gasteiger partial charge in [0.05, 0.1) is 18.3 Å². The highest BCUT2D eigenvalue weighted by atomic mass is 79.9. The molecule has 1 heterocycles. The van der Waals surface area contributed by atoms with Gasteiger partial charge in [-0.1, -0.05) is 5.21 Å². The summed E-state index contributed by atoms with van der Waals surface area (Å²) in [4.78, 5) is 11.9. The number of nitrogens with two attached hydrogens (primary N) is 1. The molecule has 94 valence electrons. The number of rotatable bonds is 4. The predicted octanol–water partition coefficient (Wildman–Crippen LogP) is 1.05. The van der Waals surface area contributed by atoms with E-state index in [0.717, 1.165) is 4.47 Å². The minimum atomic E-state index is -0.172. The Morgan fingerprint density at radius 2 is 2.33 bits per heavy atom. The number of anilines is 1. The van der Waals surface area contributed by atoms with Gasteiger partial charge in [-0.25, -0.2) is 0 Å². The van der Waals surface area contributed by atoms with Crippen molar-refractivity contribution in [2.24, 2.45) is 0 Å². The van der Waals surface area contributed by atoms with E-state index in [-0.39, 0.29) is 5.91 Å². The van der Waals surface area contributed by atoms with Gasteiger partial charge >= 0.3 is 0 Å². The summed E-state index contributed by atoms with van der Waals surface area (Å²) in [6, 6.07) is 5.12. The van der Waals surface area contributed by atoms with Gasteiger partial charge in [-0.2, -0.15) is 0 Å². The van der Waals surface area contributed by atoms with Crippen LogP contribution in [-0.4, -0.2) is 27.4 Å². The third-order valence-electron chi connectivity index (χ3n) is 2.33. The van der Waals surface area contributed by atoms with Crippen LogP contribution in [0.5, 0.6) is 0 Å². The van der Waals surface area contributed by atoms with E-state index in [0.29, 0.717) is 24.3 Å². The Morgan fingerprint density at radius 1 is 1.50 bits per heavy atom. The van der Waals surface area contributed by atoms with Crippen LogP contribution in [0.3, 0.4) is 0 Å². The molecule has 1 aromatic carbocycles. The van der Waals surface area contributed by atoms with E-state index < -0.39 is 0 Å². The molecule has 0 aliphatic heterocycles. The van der Waals surface area contributed by atoms with Crippen LogP contribution in [0.15, 0.2) is 35.1 Å². The number of carbonyl (C=O) groups is 1. The van der Waals surface area contributed by atoms with Crippen molar-refractivity contribution in [1.82, 2.24) is 20.3 Å². The van der Waals surface area contributed by atoms with E-state index in [1.165, 1.54) is 0 Å². The molecule has 6 nitrogen and oxygen atoms in total. The van der Waals surface area contributed by atoms with Gasteiger partial charge in [0.1, 0.15) is 0 Å². The first-order valence-electron chi connectivity index (χ1n) is 5.34. The topological polar surface area (TPSA) is 85.8 Å². The summed E-state index contributed by atoms with van der Waals surface area (Å²) in [5, 5.41) is 10.3. The maximum Gasteiger partial charge on any atom is 0.252 e. The number of amides is 1. The number of carbonyl (C=O) groups excluding carboxylic acids is 1. The molecule has 1 aromatic heterocycles. The highest BCUT2D eigenvalue weighted by Gasteiger charge is 2.09. The second-order valence-electron chi connectivity index (χ2n) is 3.66. The van der Waals surface area contributed by atoms with Crippen molar-refractivity contribution in [2.75, 3.05) is 12.3 Å². The van der Waals surface area contributed by atoms with E-state index in [4.69, 9.17) is 5.73 Å². The van der Waals surface area contributed by atoms with Crippen LogP contribution in [0.25, 0.3) is 0 Å². The van der Waals surface area contributed by atoms with Crippen molar-refractivity contribution in [3.8, 4) is 0 Å². The first-order chi connectivity index (χ1) is 8.66. The molecular formula is C11H12BrN5O. The number of halogens is 1. The zero-order valence-electron chi connectivity index (χ0n) is 9.51. The second kappa shape index (κ2) is 5.63. The zero-order valence-corrected chi connectivity index (χ0v) is 11.1.